The number of para-hydroxylation sites is 1. The van der Waals surface area contributed by atoms with E-state index in [1.165, 1.54) is 6.33 Å². The maximum absolute atomic E-state index is 11.8. The van der Waals surface area contributed by atoms with Crippen LogP contribution in [-0.4, -0.2) is 14.9 Å². The zero-order valence-electron chi connectivity index (χ0n) is 17.3. The molecule has 1 heterocycles. The first-order chi connectivity index (χ1) is 15.6. The Hall–Kier alpha value is -4.46. The van der Waals surface area contributed by atoms with Crippen LogP contribution in [0.25, 0.3) is 0 Å². The molecule has 32 heavy (non-hydrogen) atoms. The molecule has 0 saturated heterocycles. The molecule has 1 unspecified atom stereocenters. The van der Waals surface area contributed by atoms with Gasteiger partial charge in [-0.2, -0.15) is 0 Å². The van der Waals surface area contributed by atoms with Crippen molar-refractivity contribution in [2.45, 2.75) is 13.0 Å². The van der Waals surface area contributed by atoms with Crippen molar-refractivity contribution in [3.63, 3.8) is 0 Å². The lowest BCUT2D eigenvalue weighted by Crippen LogP contribution is -2.11. The number of anilines is 3. The summed E-state index contributed by atoms with van der Waals surface area (Å²) in [5.41, 5.74) is 1.40. The van der Waals surface area contributed by atoms with Crippen LogP contribution in [0.3, 0.4) is 0 Å². The largest absolute Gasteiger partial charge is 0.457 e. The maximum atomic E-state index is 11.8. The predicted molar refractivity (Wildman–Crippen MR) is 123 cm³/mol. The van der Waals surface area contributed by atoms with Gasteiger partial charge < -0.3 is 15.4 Å². The molecule has 8 heteroatoms. The lowest BCUT2D eigenvalue weighted by atomic mass is 10.1. The molecule has 8 nitrogen and oxygen atoms in total. The lowest BCUT2D eigenvalue weighted by Gasteiger charge is -2.16. The Morgan fingerprint density at radius 3 is 2.09 bits per heavy atom. The topological polar surface area (TPSA) is 102 Å². The van der Waals surface area contributed by atoms with E-state index in [9.17, 15) is 10.1 Å². The fourth-order valence-corrected chi connectivity index (χ4v) is 3.15. The summed E-state index contributed by atoms with van der Waals surface area (Å²) < 4.78 is 5.78. The van der Waals surface area contributed by atoms with Crippen molar-refractivity contribution in [1.29, 1.82) is 0 Å². The molecule has 2 N–H and O–H groups in total. The fraction of sp³-hybridized carbons (Fsp3) is 0.0833. The summed E-state index contributed by atoms with van der Waals surface area (Å²) in [6.45, 7) is 1.92. The Bertz CT molecular complexity index is 1190. The van der Waals surface area contributed by atoms with Crippen molar-refractivity contribution < 1.29 is 9.66 Å². The monoisotopic (exact) mass is 427 g/mol. The summed E-state index contributed by atoms with van der Waals surface area (Å²) in [4.78, 5) is 19.5. The van der Waals surface area contributed by atoms with Gasteiger partial charge in [0, 0.05) is 5.69 Å². The minimum absolute atomic E-state index is 0.101. The first-order valence-electron chi connectivity index (χ1n) is 10.0. The van der Waals surface area contributed by atoms with Crippen molar-refractivity contribution in [2.75, 3.05) is 10.6 Å². The van der Waals surface area contributed by atoms with Gasteiger partial charge in [0.05, 0.1) is 11.0 Å². The van der Waals surface area contributed by atoms with Crippen LogP contribution in [0.2, 0.25) is 0 Å². The van der Waals surface area contributed by atoms with Gasteiger partial charge in [0.2, 0.25) is 11.6 Å². The molecule has 1 aromatic heterocycles. The van der Waals surface area contributed by atoms with Gasteiger partial charge in [-0.1, -0.05) is 48.5 Å². The van der Waals surface area contributed by atoms with Crippen LogP contribution in [0.5, 0.6) is 11.5 Å². The van der Waals surface area contributed by atoms with E-state index in [0.717, 1.165) is 11.3 Å². The molecule has 3 aromatic carbocycles. The standard InChI is InChI=1S/C24H21N5O3/c1-17(18-8-4-2-5-9-18)27-23-22(29(30)31)24(26-16-25-23)28-19-12-14-21(15-13-19)32-20-10-6-3-7-11-20/h2-17H,1H3,(H2,25,26,27,28). The fourth-order valence-electron chi connectivity index (χ4n) is 3.15. The van der Waals surface area contributed by atoms with E-state index in [2.05, 4.69) is 20.6 Å². The van der Waals surface area contributed by atoms with Crippen LogP contribution in [0.1, 0.15) is 18.5 Å². The van der Waals surface area contributed by atoms with E-state index in [1.54, 1.807) is 24.3 Å². The average Bonchev–Trinajstić information content (AvgIpc) is 2.81. The molecule has 0 saturated carbocycles. The first kappa shape index (κ1) is 20.8. The summed E-state index contributed by atoms with van der Waals surface area (Å²) in [5, 5.41) is 18.0. The molecule has 0 bridgehead atoms. The molecule has 0 spiro atoms. The summed E-state index contributed by atoms with van der Waals surface area (Å²) in [6.07, 6.45) is 1.29. The van der Waals surface area contributed by atoms with E-state index in [0.29, 0.717) is 11.4 Å². The summed E-state index contributed by atoms with van der Waals surface area (Å²) >= 11 is 0. The van der Waals surface area contributed by atoms with Crippen LogP contribution < -0.4 is 15.4 Å². The van der Waals surface area contributed by atoms with E-state index < -0.39 is 4.92 Å². The van der Waals surface area contributed by atoms with Crippen LogP contribution in [0.4, 0.5) is 23.0 Å². The summed E-state index contributed by atoms with van der Waals surface area (Å²) in [7, 11) is 0. The highest BCUT2D eigenvalue weighted by molar-refractivity contribution is 5.74. The Kier molecular flexibility index (Phi) is 6.22. The van der Waals surface area contributed by atoms with Crippen LogP contribution in [0.15, 0.2) is 91.3 Å². The van der Waals surface area contributed by atoms with E-state index in [-0.39, 0.29) is 23.4 Å². The number of ether oxygens (including phenoxy) is 1. The molecule has 4 aromatic rings. The second-order valence-electron chi connectivity index (χ2n) is 7.02. The van der Waals surface area contributed by atoms with Gasteiger partial charge in [0.1, 0.15) is 17.8 Å². The number of rotatable bonds is 8. The van der Waals surface area contributed by atoms with E-state index in [1.807, 2.05) is 67.6 Å². The van der Waals surface area contributed by atoms with Crippen molar-refractivity contribution in [2.24, 2.45) is 0 Å². The van der Waals surface area contributed by atoms with Crippen molar-refractivity contribution in [3.05, 3.63) is 107 Å². The highest BCUT2D eigenvalue weighted by Crippen LogP contribution is 2.33. The van der Waals surface area contributed by atoms with Gasteiger partial charge in [-0.3, -0.25) is 10.1 Å². The SMILES string of the molecule is CC(Nc1ncnc(Nc2ccc(Oc3ccccc3)cc2)c1[N+](=O)[O-])c1ccccc1. The minimum Gasteiger partial charge on any atom is -0.457 e. The summed E-state index contributed by atoms with van der Waals surface area (Å²) in [6, 6.07) is 26.0. The third-order valence-electron chi connectivity index (χ3n) is 4.75. The molecule has 1 atom stereocenters. The van der Waals surface area contributed by atoms with E-state index >= 15 is 0 Å². The molecule has 0 aliphatic carbocycles. The number of nitro groups is 1. The molecule has 0 radical (unpaired) electrons. The predicted octanol–water partition coefficient (Wildman–Crippen LogP) is 6.09. The average molecular weight is 427 g/mol. The van der Waals surface area contributed by atoms with Crippen molar-refractivity contribution in [3.8, 4) is 11.5 Å². The Morgan fingerprint density at radius 1 is 0.844 bits per heavy atom. The molecular weight excluding hydrogens is 406 g/mol. The number of aromatic nitrogens is 2. The molecule has 4 rings (SSSR count). The number of hydrogen-bond acceptors (Lipinski definition) is 7. The van der Waals surface area contributed by atoms with Gasteiger partial charge in [-0.25, -0.2) is 9.97 Å². The third-order valence-corrected chi connectivity index (χ3v) is 4.75. The van der Waals surface area contributed by atoms with Gasteiger partial charge in [-0.15, -0.1) is 0 Å². The number of nitrogens with zero attached hydrogens (tertiary/aromatic N) is 3. The second kappa shape index (κ2) is 9.57. The molecule has 0 aliphatic heterocycles. The van der Waals surface area contributed by atoms with Crippen molar-refractivity contribution in [1.82, 2.24) is 9.97 Å². The number of benzene rings is 3. The highest BCUT2D eigenvalue weighted by atomic mass is 16.6. The first-order valence-corrected chi connectivity index (χ1v) is 10.0. The van der Waals surface area contributed by atoms with E-state index in [4.69, 9.17) is 4.74 Å². The quantitative estimate of drug-likeness (QED) is 0.259. The van der Waals surface area contributed by atoms with Gasteiger partial charge in [0.25, 0.3) is 0 Å². The zero-order valence-corrected chi connectivity index (χ0v) is 17.3. The van der Waals surface area contributed by atoms with Crippen molar-refractivity contribution >= 4 is 23.0 Å². The molecule has 160 valence electrons. The number of hydrogen-bond donors (Lipinski definition) is 2. The number of nitrogens with one attached hydrogen (secondary N) is 2. The zero-order chi connectivity index (χ0) is 22.3. The summed E-state index contributed by atoms with van der Waals surface area (Å²) in [5.74, 6) is 1.62. The Morgan fingerprint density at radius 2 is 1.44 bits per heavy atom. The lowest BCUT2D eigenvalue weighted by molar-refractivity contribution is -0.383. The smallest absolute Gasteiger partial charge is 0.353 e. The molecular formula is C24H21N5O3. The third kappa shape index (κ3) is 4.99. The second-order valence-corrected chi connectivity index (χ2v) is 7.02. The van der Waals surface area contributed by atoms with Gasteiger partial charge in [-0.05, 0) is 48.9 Å². The maximum Gasteiger partial charge on any atom is 0.353 e. The highest BCUT2D eigenvalue weighted by Gasteiger charge is 2.24. The normalized spacial score (nSPS) is 11.4. The molecule has 0 fully saturated rings. The molecule has 0 aliphatic rings. The van der Waals surface area contributed by atoms with Crippen LogP contribution in [0, 0.1) is 10.1 Å². The van der Waals surface area contributed by atoms with Gasteiger partial charge in [0.15, 0.2) is 0 Å². The van der Waals surface area contributed by atoms with Crippen LogP contribution in [-0.2, 0) is 0 Å². The molecule has 0 amide bonds. The Labute approximate surface area is 185 Å². The van der Waals surface area contributed by atoms with Crippen LogP contribution >= 0.6 is 0 Å². The minimum atomic E-state index is -0.491. The van der Waals surface area contributed by atoms with Gasteiger partial charge >= 0.3 is 5.69 Å². The Balaban J connectivity index is 1.53.